The highest BCUT2D eigenvalue weighted by molar-refractivity contribution is 6.02. The molecular formula is C15H22N2O2. The second-order valence-corrected chi connectivity index (χ2v) is 5.86. The van der Waals surface area contributed by atoms with Crippen molar-refractivity contribution in [1.82, 2.24) is 9.80 Å². The number of amides is 2. The van der Waals surface area contributed by atoms with E-state index in [1.807, 2.05) is 6.92 Å². The van der Waals surface area contributed by atoms with E-state index in [2.05, 4.69) is 30.6 Å². The summed E-state index contributed by atoms with van der Waals surface area (Å²) in [5.41, 5.74) is -0.184. The molecule has 4 heteroatoms. The van der Waals surface area contributed by atoms with Gasteiger partial charge >= 0.3 is 0 Å². The summed E-state index contributed by atoms with van der Waals surface area (Å²) in [7, 11) is 0. The Kier molecular flexibility index (Phi) is 3.96. The Bertz CT molecular complexity index is 423. The molecule has 0 aromatic rings. The molecule has 0 bridgehead atoms. The highest BCUT2D eigenvalue weighted by atomic mass is 16.2. The van der Waals surface area contributed by atoms with E-state index in [9.17, 15) is 9.59 Å². The average molecular weight is 262 g/mol. The van der Waals surface area contributed by atoms with E-state index in [1.54, 1.807) is 0 Å². The molecule has 2 fully saturated rings. The number of likely N-dealkylation sites (tertiary alicyclic amines) is 2. The first-order chi connectivity index (χ1) is 8.92. The van der Waals surface area contributed by atoms with Gasteiger partial charge in [0, 0.05) is 12.8 Å². The molecule has 0 aromatic carbocycles. The van der Waals surface area contributed by atoms with Crippen LogP contribution in [0.3, 0.4) is 0 Å². The Morgan fingerprint density at radius 2 is 1.63 bits per heavy atom. The zero-order valence-corrected chi connectivity index (χ0v) is 12.0. The predicted molar refractivity (Wildman–Crippen MR) is 73.2 cm³/mol. The van der Waals surface area contributed by atoms with E-state index in [1.165, 1.54) is 17.7 Å². The molecule has 4 nitrogen and oxygen atoms in total. The summed E-state index contributed by atoms with van der Waals surface area (Å²) in [4.78, 5) is 26.9. The molecule has 0 radical (unpaired) electrons. The summed E-state index contributed by atoms with van der Waals surface area (Å²) in [6.45, 7) is 8.20. The summed E-state index contributed by atoms with van der Waals surface area (Å²) >= 11 is 0. The van der Waals surface area contributed by atoms with Crippen molar-refractivity contribution in [2.45, 2.75) is 58.0 Å². The van der Waals surface area contributed by atoms with Gasteiger partial charge in [0.1, 0.15) is 0 Å². The van der Waals surface area contributed by atoms with Gasteiger partial charge in [-0.05, 0) is 46.7 Å². The second-order valence-electron chi connectivity index (χ2n) is 5.86. The largest absolute Gasteiger partial charge is 0.288 e. The number of hydrogen-bond donors (Lipinski definition) is 0. The van der Waals surface area contributed by atoms with Crippen LogP contribution in [0.2, 0.25) is 0 Å². The summed E-state index contributed by atoms with van der Waals surface area (Å²) in [6.07, 6.45) is 3.12. The normalized spacial score (nSPS) is 22.6. The maximum Gasteiger partial charge on any atom is 0.230 e. The Hall–Kier alpha value is -1.34. The first-order valence-electron chi connectivity index (χ1n) is 7.04. The molecule has 19 heavy (non-hydrogen) atoms. The fourth-order valence-electron chi connectivity index (χ4n) is 2.73. The predicted octanol–water partition coefficient (Wildman–Crippen LogP) is 1.40. The molecule has 0 aromatic heterocycles. The average Bonchev–Trinajstić information content (AvgIpc) is 2.97. The van der Waals surface area contributed by atoms with Gasteiger partial charge in [-0.25, -0.2) is 0 Å². The van der Waals surface area contributed by atoms with E-state index >= 15 is 0 Å². The molecular weight excluding hydrogens is 240 g/mol. The highest BCUT2D eigenvalue weighted by Crippen LogP contribution is 2.20. The van der Waals surface area contributed by atoms with Crippen molar-refractivity contribution in [1.29, 1.82) is 0 Å². The highest BCUT2D eigenvalue weighted by Gasteiger charge is 2.32. The van der Waals surface area contributed by atoms with Gasteiger partial charge in [0.25, 0.3) is 0 Å². The SMILES string of the molecule is C[C@@H](C#CC(C)(C)N1CCCC1)N1C(=O)CCC1=O. The van der Waals surface area contributed by atoms with Crippen LogP contribution >= 0.6 is 0 Å². The van der Waals surface area contributed by atoms with E-state index in [4.69, 9.17) is 0 Å². The third-order valence-electron chi connectivity index (χ3n) is 3.96. The monoisotopic (exact) mass is 262 g/mol. The van der Waals surface area contributed by atoms with Crippen LogP contribution in [0.25, 0.3) is 0 Å². The van der Waals surface area contributed by atoms with Crippen molar-refractivity contribution in [3.63, 3.8) is 0 Å². The minimum absolute atomic E-state index is 0.0919. The minimum atomic E-state index is -0.315. The molecule has 0 aliphatic carbocycles. The lowest BCUT2D eigenvalue weighted by Crippen LogP contribution is -2.41. The Morgan fingerprint density at radius 3 is 2.16 bits per heavy atom. The van der Waals surface area contributed by atoms with E-state index in [0.717, 1.165) is 13.1 Å². The van der Waals surface area contributed by atoms with Crippen LogP contribution in [-0.4, -0.2) is 46.3 Å². The number of nitrogens with zero attached hydrogens (tertiary/aromatic N) is 2. The maximum atomic E-state index is 11.6. The number of imide groups is 1. The van der Waals surface area contributed by atoms with Crippen molar-refractivity contribution in [2.75, 3.05) is 13.1 Å². The number of hydrogen-bond acceptors (Lipinski definition) is 3. The molecule has 2 rings (SSSR count). The van der Waals surface area contributed by atoms with Gasteiger partial charge in [-0.1, -0.05) is 11.8 Å². The topological polar surface area (TPSA) is 40.6 Å². The lowest BCUT2D eigenvalue weighted by atomic mass is 10.0. The first kappa shape index (κ1) is 14.1. The number of carbonyl (C=O) groups is 2. The summed E-state index contributed by atoms with van der Waals surface area (Å²) in [6, 6.07) is -0.315. The first-order valence-corrected chi connectivity index (χ1v) is 7.04. The van der Waals surface area contributed by atoms with Crippen molar-refractivity contribution < 1.29 is 9.59 Å². The van der Waals surface area contributed by atoms with Crippen LogP contribution in [0.4, 0.5) is 0 Å². The molecule has 1 atom stereocenters. The Balaban J connectivity index is 2.06. The standard InChI is InChI=1S/C15H22N2O2/c1-12(17-13(18)6-7-14(17)19)8-9-15(2,3)16-10-4-5-11-16/h12H,4-7,10-11H2,1-3H3/t12-/m0/s1. The molecule has 2 aliphatic heterocycles. The zero-order valence-electron chi connectivity index (χ0n) is 12.0. The lowest BCUT2D eigenvalue weighted by Gasteiger charge is -2.30. The summed E-state index contributed by atoms with van der Waals surface area (Å²) in [5.74, 6) is 6.16. The molecule has 0 spiro atoms. The van der Waals surface area contributed by atoms with Crippen LogP contribution in [-0.2, 0) is 9.59 Å². The summed E-state index contributed by atoms with van der Waals surface area (Å²) < 4.78 is 0. The van der Waals surface area contributed by atoms with Gasteiger partial charge in [-0.2, -0.15) is 0 Å². The second kappa shape index (κ2) is 5.34. The zero-order chi connectivity index (χ0) is 14.0. The van der Waals surface area contributed by atoms with Crippen LogP contribution in [0, 0.1) is 11.8 Å². The van der Waals surface area contributed by atoms with Crippen molar-refractivity contribution in [2.24, 2.45) is 0 Å². The van der Waals surface area contributed by atoms with E-state index in [-0.39, 0.29) is 23.4 Å². The third-order valence-corrected chi connectivity index (χ3v) is 3.96. The van der Waals surface area contributed by atoms with Gasteiger partial charge in [-0.15, -0.1) is 0 Å². The quantitative estimate of drug-likeness (QED) is 0.558. The molecule has 104 valence electrons. The summed E-state index contributed by atoms with van der Waals surface area (Å²) in [5, 5.41) is 0. The minimum Gasteiger partial charge on any atom is -0.288 e. The molecule has 0 saturated carbocycles. The van der Waals surface area contributed by atoms with E-state index in [0.29, 0.717) is 12.8 Å². The molecule has 2 heterocycles. The van der Waals surface area contributed by atoms with E-state index < -0.39 is 0 Å². The number of rotatable bonds is 2. The molecule has 0 N–H and O–H groups in total. The van der Waals surface area contributed by atoms with Crippen LogP contribution in [0.1, 0.15) is 46.5 Å². The Morgan fingerprint density at radius 1 is 1.11 bits per heavy atom. The van der Waals surface area contributed by atoms with Crippen molar-refractivity contribution in [3.05, 3.63) is 0 Å². The van der Waals surface area contributed by atoms with Crippen LogP contribution in [0.15, 0.2) is 0 Å². The fraction of sp³-hybridized carbons (Fsp3) is 0.733. The van der Waals surface area contributed by atoms with Crippen molar-refractivity contribution >= 4 is 11.8 Å². The van der Waals surface area contributed by atoms with Crippen LogP contribution < -0.4 is 0 Å². The molecule has 2 aliphatic rings. The fourth-order valence-corrected chi connectivity index (χ4v) is 2.73. The lowest BCUT2D eigenvalue weighted by molar-refractivity contribution is -0.139. The van der Waals surface area contributed by atoms with Gasteiger partial charge in [0.2, 0.25) is 11.8 Å². The maximum absolute atomic E-state index is 11.6. The van der Waals surface area contributed by atoms with Crippen molar-refractivity contribution in [3.8, 4) is 11.8 Å². The van der Waals surface area contributed by atoms with Crippen LogP contribution in [0.5, 0.6) is 0 Å². The molecule has 2 amide bonds. The number of carbonyl (C=O) groups excluding carboxylic acids is 2. The Labute approximate surface area is 115 Å². The van der Waals surface area contributed by atoms with Gasteiger partial charge in [0.15, 0.2) is 0 Å². The third kappa shape index (κ3) is 2.98. The van der Waals surface area contributed by atoms with Gasteiger partial charge in [-0.3, -0.25) is 19.4 Å². The van der Waals surface area contributed by atoms with Gasteiger partial charge in [0.05, 0.1) is 11.6 Å². The van der Waals surface area contributed by atoms with Gasteiger partial charge < -0.3 is 0 Å². The molecule has 0 unspecified atom stereocenters. The smallest absolute Gasteiger partial charge is 0.230 e. The molecule has 2 saturated heterocycles.